The quantitative estimate of drug-likeness (QED) is 0.357. The largest absolute Gasteiger partial charge is 0.444 e. The van der Waals surface area contributed by atoms with Gasteiger partial charge in [-0.05, 0) is 64.5 Å². The Labute approximate surface area is 229 Å². The maximum Gasteiger partial charge on any atom is 0.413 e. The fraction of sp³-hybridized carbons (Fsp3) is 0.483. The Kier molecular flexibility index (Phi) is 8.54. The lowest BCUT2D eigenvalue weighted by Gasteiger charge is -2.20. The molecule has 0 radical (unpaired) electrons. The molecule has 2 amide bonds. The van der Waals surface area contributed by atoms with Crippen molar-refractivity contribution in [2.75, 3.05) is 10.6 Å². The summed E-state index contributed by atoms with van der Waals surface area (Å²) in [5, 5.41) is 24.2. The number of aryl methyl sites for hydroxylation is 1. The molecule has 2 heterocycles. The van der Waals surface area contributed by atoms with Gasteiger partial charge in [-0.2, -0.15) is 10.4 Å². The van der Waals surface area contributed by atoms with Crippen LogP contribution < -0.4 is 10.6 Å². The molecular formula is C29H38N6O4. The third-order valence-electron chi connectivity index (χ3n) is 5.57. The third kappa shape index (κ3) is 7.93. The molecule has 0 fully saturated rings. The van der Waals surface area contributed by atoms with Crippen LogP contribution in [-0.4, -0.2) is 32.5 Å². The molecule has 10 nitrogen and oxygen atoms in total. The van der Waals surface area contributed by atoms with Gasteiger partial charge in [-0.15, -0.1) is 0 Å². The molecule has 0 atom stereocenters. The maximum absolute atomic E-state index is 12.7. The number of amides is 2. The van der Waals surface area contributed by atoms with Gasteiger partial charge in [0.2, 0.25) is 11.8 Å². The Balaban J connectivity index is 1.81. The molecular weight excluding hydrogens is 496 g/mol. The zero-order chi connectivity index (χ0) is 29.1. The first-order chi connectivity index (χ1) is 18.1. The summed E-state index contributed by atoms with van der Waals surface area (Å²) in [4.78, 5) is 25.2. The zero-order valence-electron chi connectivity index (χ0n) is 24.2. The lowest BCUT2D eigenvalue weighted by molar-refractivity contribution is -0.115. The molecule has 0 saturated carbocycles. The van der Waals surface area contributed by atoms with Gasteiger partial charge in [0.25, 0.3) is 0 Å². The van der Waals surface area contributed by atoms with Crippen molar-refractivity contribution in [1.82, 2.24) is 14.9 Å². The Morgan fingerprint density at radius 3 is 2.38 bits per heavy atom. The van der Waals surface area contributed by atoms with Crippen LogP contribution in [0, 0.1) is 23.7 Å². The van der Waals surface area contributed by atoms with Crippen LogP contribution in [0.5, 0.6) is 0 Å². The number of nitrogens with zero attached hydrogens (tertiary/aromatic N) is 4. The summed E-state index contributed by atoms with van der Waals surface area (Å²) in [5.41, 5.74) is 3.18. The summed E-state index contributed by atoms with van der Waals surface area (Å²) in [5.74, 6) is 0.360. The number of hydrogen-bond acceptors (Lipinski definition) is 7. The van der Waals surface area contributed by atoms with Crippen molar-refractivity contribution in [1.29, 1.82) is 5.26 Å². The van der Waals surface area contributed by atoms with Gasteiger partial charge in [-0.3, -0.25) is 15.4 Å². The topological polar surface area (TPSA) is 135 Å². The zero-order valence-corrected chi connectivity index (χ0v) is 24.2. The molecule has 0 aliphatic rings. The number of carbonyl (C=O) groups excluding carboxylic acids is 2. The number of aromatic nitrogens is 3. The Hall–Kier alpha value is -4.13. The number of anilines is 2. The van der Waals surface area contributed by atoms with Crippen molar-refractivity contribution in [3.8, 4) is 17.3 Å². The second-order valence-corrected chi connectivity index (χ2v) is 12.1. The van der Waals surface area contributed by atoms with E-state index in [1.54, 1.807) is 31.5 Å². The van der Waals surface area contributed by atoms with E-state index in [9.17, 15) is 14.9 Å². The highest BCUT2D eigenvalue weighted by atomic mass is 16.6. The van der Waals surface area contributed by atoms with Crippen molar-refractivity contribution in [2.45, 2.75) is 86.8 Å². The van der Waals surface area contributed by atoms with E-state index < -0.39 is 11.7 Å². The summed E-state index contributed by atoms with van der Waals surface area (Å²) in [6.45, 7) is 17.3. The second kappa shape index (κ2) is 11.3. The first-order valence-corrected chi connectivity index (χ1v) is 12.9. The number of hydrogen-bond donors (Lipinski definition) is 2. The van der Waals surface area contributed by atoms with Gasteiger partial charge in [-0.1, -0.05) is 44.1 Å². The minimum Gasteiger partial charge on any atom is -0.444 e. The molecule has 208 valence electrons. The maximum atomic E-state index is 12.7. The summed E-state index contributed by atoms with van der Waals surface area (Å²) in [6.07, 6.45) is 0.204. The highest BCUT2D eigenvalue weighted by Crippen LogP contribution is 2.33. The summed E-state index contributed by atoms with van der Waals surface area (Å²) in [7, 11) is 0. The molecule has 2 N–H and O–H groups in total. The standard InChI is InChI=1S/C29H38N6O4/c1-17(2)35-26(32-27(37)38-29(7,8)9)22(16-30)25(33-35)21-11-10-19(12-18(21)3)13-23(36)31-24-14-20(34-39-24)15-28(4,5)6/h10-12,14,17H,13,15H2,1-9H3,(H,31,36)(H,32,37). The van der Waals surface area contributed by atoms with Crippen molar-refractivity contribution < 1.29 is 18.8 Å². The van der Waals surface area contributed by atoms with Crippen LogP contribution in [0.3, 0.4) is 0 Å². The van der Waals surface area contributed by atoms with Crippen molar-refractivity contribution in [3.63, 3.8) is 0 Å². The normalized spacial score (nSPS) is 11.8. The van der Waals surface area contributed by atoms with Crippen molar-refractivity contribution in [2.24, 2.45) is 5.41 Å². The Bertz CT molecular complexity index is 1400. The summed E-state index contributed by atoms with van der Waals surface area (Å²) in [6, 6.07) is 9.35. The molecule has 3 aromatic rings. The van der Waals surface area contributed by atoms with Crippen LogP contribution in [0.15, 0.2) is 28.8 Å². The van der Waals surface area contributed by atoms with Crippen LogP contribution in [0.4, 0.5) is 16.5 Å². The number of rotatable bonds is 7. The van der Waals surface area contributed by atoms with Gasteiger partial charge < -0.3 is 9.26 Å². The van der Waals surface area contributed by atoms with Gasteiger partial charge in [0, 0.05) is 17.7 Å². The van der Waals surface area contributed by atoms with Crippen molar-refractivity contribution in [3.05, 3.63) is 46.6 Å². The van der Waals surface area contributed by atoms with E-state index in [1.165, 1.54) is 0 Å². The predicted octanol–water partition coefficient (Wildman–Crippen LogP) is 6.42. The third-order valence-corrected chi connectivity index (χ3v) is 5.57. The van der Waals surface area contributed by atoms with Crippen LogP contribution in [0.2, 0.25) is 0 Å². The van der Waals surface area contributed by atoms with Gasteiger partial charge >= 0.3 is 6.09 Å². The number of benzene rings is 1. The molecule has 0 aliphatic carbocycles. The smallest absolute Gasteiger partial charge is 0.413 e. The highest BCUT2D eigenvalue weighted by molar-refractivity contribution is 5.91. The van der Waals surface area contributed by atoms with E-state index >= 15 is 0 Å². The molecule has 3 rings (SSSR count). The van der Waals surface area contributed by atoms with Crippen LogP contribution >= 0.6 is 0 Å². The molecule has 0 spiro atoms. The van der Waals surface area contributed by atoms with E-state index in [2.05, 4.69) is 47.7 Å². The monoisotopic (exact) mass is 534 g/mol. The molecule has 0 unspecified atom stereocenters. The molecule has 0 saturated heterocycles. The Morgan fingerprint density at radius 2 is 1.82 bits per heavy atom. The second-order valence-electron chi connectivity index (χ2n) is 12.1. The van der Waals surface area contributed by atoms with E-state index in [0.29, 0.717) is 11.6 Å². The number of nitrogens with one attached hydrogen (secondary N) is 2. The number of ether oxygens (including phenoxy) is 1. The lowest BCUT2D eigenvalue weighted by atomic mass is 9.91. The molecule has 2 aromatic heterocycles. The average Bonchev–Trinajstić information content (AvgIpc) is 3.34. The van der Waals surface area contributed by atoms with E-state index in [4.69, 9.17) is 9.26 Å². The first-order valence-electron chi connectivity index (χ1n) is 12.9. The summed E-state index contributed by atoms with van der Waals surface area (Å²) >= 11 is 0. The van der Waals surface area contributed by atoms with Gasteiger partial charge in [-0.25, -0.2) is 9.48 Å². The number of carbonyl (C=O) groups is 2. The lowest BCUT2D eigenvalue weighted by Crippen LogP contribution is -2.28. The molecule has 1 aromatic carbocycles. The van der Waals surface area contributed by atoms with Crippen LogP contribution in [-0.2, 0) is 22.4 Å². The average molecular weight is 535 g/mol. The highest BCUT2D eigenvalue weighted by Gasteiger charge is 2.25. The van der Waals surface area contributed by atoms with Gasteiger partial charge in [0.15, 0.2) is 5.82 Å². The van der Waals surface area contributed by atoms with Crippen molar-refractivity contribution >= 4 is 23.7 Å². The fourth-order valence-corrected chi connectivity index (χ4v) is 4.09. The van der Waals surface area contributed by atoms with E-state index in [0.717, 1.165) is 28.8 Å². The molecule has 39 heavy (non-hydrogen) atoms. The predicted molar refractivity (Wildman–Crippen MR) is 149 cm³/mol. The molecule has 10 heteroatoms. The van der Waals surface area contributed by atoms with Gasteiger partial charge in [0.05, 0.1) is 12.1 Å². The molecule has 0 bridgehead atoms. The van der Waals surface area contributed by atoms with Crippen LogP contribution in [0.1, 0.15) is 83.8 Å². The van der Waals surface area contributed by atoms with Crippen LogP contribution in [0.25, 0.3) is 11.3 Å². The van der Waals surface area contributed by atoms with E-state index in [-0.39, 0.29) is 35.2 Å². The van der Waals surface area contributed by atoms with E-state index in [1.807, 2.05) is 39.0 Å². The summed E-state index contributed by atoms with van der Waals surface area (Å²) < 4.78 is 12.3. The SMILES string of the molecule is Cc1cc(CC(=O)Nc2cc(CC(C)(C)C)no2)ccc1-c1nn(C(C)C)c(NC(=O)OC(C)(C)C)c1C#N. The van der Waals surface area contributed by atoms with Gasteiger partial charge in [0.1, 0.15) is 22.9 Å². The first kappa shape index (κ1) is 29.4. The Morgan fingerprint density at radius 1 is 1.13 bits per heavy atom. The minimum atomic E-state index is -0.691. The molecule has 0 aliphatic heterocycles. The number of nitriles is 1. The minimum absolute atomic E-state index is 0.0560. The fourth-order valence-electron chi connectivity index (χ4n) is 4.09.